The number of hydrogen-bond donors (Lipinski definition) is 0. The second kappa shape index (κ2) is 9.48. The molecule has 3 aromatic rings. The van der Waals surface area contributed by atoms with Gasteiger partial charge in [0.2, 0.25) is 0 Å². The van der Waals surface area contributed by atoms with E-state index in [0.717, 1.165) is 49.5 Å². The van der Waals surface area contributed by atoms with Crippen LogP contribution in [0.1, 0.15) is 16.7 Å². The van der Waals surface area contributed by atoms with Crippen molar-refractivity contribution in [2.24, 2.45) is 4.99 Å². The molecule has 2 aliphatic heterocycles. The number of carbonyl (C=O) groups is 1. The summed E-state index contributed by atoms with van der Waals surface area (Å²) in [6.07, 6.45) is 0. The third-order valence-electron chi connectivity index (χ3n) is 6.35. The summed E-state index contributed by atoms with van der Waals surface area (Å²) >= 11 is 6.28. The minimum atomic E-state index is -0.0559. The van der Waals surface area contributed by atoms with E-state index >= 15 is 0 Å². The van der Waals surface area contributed by atoms with Gasteiger partial charge < -0.3 is 0 Å². The molecule has 5 rings (SSSR count). The molecular weight excluding hydrogens is 432 g/mol. The Morgan fingerprint density at radius 2 is 1.58 bits per heavy atom. The summed E-state index contributed by atoms with van der Waals surface area (Å²) in [7, 11) is 0. The van der Waals surface area contributed by atoms with Crippen molar-refractivity contribution in [1.82, 2.24) is 9.80 Å². The van der Waals surface area contributed by atoms with Gasteiger partial charge in [0, 0.05) is 43.3 Å². The van der Waals surface area contributed by atoms with Crippen molar-refractivity contribution < 1.29 is 4.79 Å². The highest BCUT2D eigenvalue weighted by Crippen LogP contribution is 2.32. The first-order valence-corrected chi connectivity index (χ1v) is 11.7. The predicted molar refractivity (Wildman–Crippen MR) is 134 cm³/mol. The van der Waals surface area contributed by atoms with E-state index in [1.54, 1.807) is 0 Å². The van der Waals surface area contributed by atoms with Crippen molar-refractivity contribution in [1.29, 1.82) is 0 Å². The Labute approximate surface area is 199 Å². The van der Waals surface area contributed by atoms with E-state index in [2.05, 4.69) is 40.1 Å². The van der Waals surface area contributed by atoms with Gasteiger partial charge in [0.1, 0.15) is 5.71 Å². The monoisotopic (exact) mass is 458 g/mol. The van der Waals surface area contributed by atoms with Crippen LogP contribution in [0.5, 0.6) is 0 Å². The van der Waals surface area contributed by atoms with Gasteiger partial charge in [-0.3, -0.25) is 19.5 Å². The van der Waals surface area contributed by atoms with Gasteiger partial charge in [-0.1, -0.05) is 66.2 Å². The Morgan fingerprint density at radius 1 is 0.879 bits per heavy atom. The maximum atomic E-state index is 13.4. The molecular formula is C27H27ClN4O. The summed E-state index contributed by atoms with van der Waals surface area (Å²) in [5, 5.41) is 0.654. The van der Waals surface area contributed by atoms with Crippen LogP contribution in [0, 0.1) is 6.92 Å². The average molecular weight is 459 g/mol. The Kier molecular flexibility index (Phi) is 6.27. The van der Waals surface area contributed by atoms with E-state index in [1.807, 2.05) is 54.3 Å². The number of aryl methyl sites for hydroxylation is 1. The number of halogens is 1. The molecule has 1 amide bonds. The molecule has 2 heterocycles. The zero-order valence-corrected chi connectivity index (χ0v) is 19.5. The van der Waals surface area contributed by atoms with Crippen molar-refractivity contribution in [3.05, 3.63) is 94.5 Å². The second-order valence-corrected chi connectivity index (χ2v) is 9.07. The van der Waals surface area contributed by atoms with Gasteiger partial charge >= 0.3 is 0 Å². The largest absolute Gasteiger partial charge is 0.297 e. The van der Waals surface area contributed by atoms with E-state index in [9.17, 15) is 4.79 Å². The van der Waals surface area contributed by atoms with Gasteiger partial charge in [0.25, 0.3) is 5.91 Å². The molecule has 33 heavy (non-hydrogen) atoms. The molecule has 0 aliphatic carbocycles. The van der Waals surface area contributed by atoms with E-state index in [-0.39, 0.29) is 5.91 Å². The zero-order valence-electron chi connectivity index (χ0n) is 18.7. The SMILES string of the molecule is Cc1ccc(N=C2C(=O)N(CN3CCN(Cc4ccccc4)CC3)c3ccccc32)cc1Cl. The number of hydrogen-bond acceptors (Lipinski definition) is 4. The molecule has 0 unspecified atom stereocenters. The van der Waals surface area contributed by atoms with E-state index < -0.39 is 0 Å². The molecule has 0 bridgehead atoms. The number of fused-ring (bicyclic) bond motifs is 1. The number of anilines is 1. The minimum absolute atomic E-state index is 0.0559. The smallest absolute Gasteiger partial charge is 0.278 e. The predicted octanol–water partition coefficient (Wildman–Crippen LogP) is 4.89. The molecule has 5 nitrogen and oxygen atoms in total. The topological polar surface area (TPSA) is 39.2 Å². The van der Waals surface area contributed by atoms with Crippen LogP contribution in [0.3, 0.4) is 0 Å². The normalized spacial score (nSPS) is 18.2. The quantitative estimate of drug-likeness (QED) is 0.546. The van der Waals surface area contributed by atoms with Gasteiger partial charge in [-0.15, -0.1) is 0 Å². The lowest BCUT2D eigenvalue weighted by atomic mass is 10.1. The molecule has 0 aromatic heterocycles. The number of benzene rings is 3. The van der Waals surface area contributed by atoms with E-state index in [1.165, 1.54) is 5.56 Å². The van der Waals surface area contributed by atoms with Crippen LogP contribution < -0.4 is 4.90 Å². The molecule has 0 spiro atoms. The fourth-order valence-electron chi connectivity index (χ4n) is 4.42. The number of rotatable bonds is 5. The minimum Gasteiger partial charge on any atom is -0.297 e. The molecule has 1 fully saturated rings. The van der Waals surface area contributed by atoms with E-state index in [4.69, 9.17) is 16.6 Å². The van der Waals surface area contributed by atoms with E-state index in [0.29, 0.717) is 23.1 Å². The molecule has 0 atom stereocenters. The summed E-state index contributed by atoms with van der Waals surface area (Å²) in [5.74, 6) is -0.0559. The fourth-order valence-corrected chi connectivity index (χ4v) is 4.60. The van der Waals surface area contributed by atoms with Crippen LogP contribution in [0.15, 0.2) is 77.8 Å². The average Bonchev–Trinajstić information content (AvgIpc) is 3.09. The van der Waals surface area contributed by atoms with Crippen LogP contribution in [0.25, 0.3) is 0 Å². The Balaban J connectivity index is 1.30. The first-order chi connectivity index (χ1) is 16.1. The highest BCUT2D eigenvalue weighted by atomic mass is 35.5. The lowest BCUT2D eigenvalue weighted by Gasteiger charge is -2.36. The molecule has 2 aliphatic rings. The van der Waals surface area contributed by atoms with Crippen LogP contribution in [0.2, 0.25) is 5.02 Å². The number of amides is 1. The third kappa shape index (κ3) is 4.71. The van der Waals surface area contributed by atoms with Crippen molar-refractivity contribution >= 4 is 34.6 Å². The highest BCUT2D eigenvalue weighted by Gasteiger charge is 2.35. The Morgan fingerprint density at radius 3 is 2.33 bits per heavy atom. The number of piperazine rings is 1. The summed E-state index contributed by atoms with van der Waals surface area (Å²) in [6.45, 7) is 7.33. The summed E-state index contributed by atoms with van der Waals surface area (Å²) < 4.78 is 0. The van der Waals surface area contributed by atoms with Gasteiger partial charge in [-0.25, -0.2) is 4.99 Å². The van der Waals surface area contributed by atoms with Crippen LogP contribution in [-0.2, 0) is 11.3 Å². The molecule has 6 heteroatoms. The Bertz CT molecular complexity index is 1190. The van der Waals surface area contributed by atoms with Crippen LogP contribution >= 0.6 is 11.6 Å². The van der Waals surface area contributed by atoms with Crippen LogP contribution in [0.4, 0.5) is 11.4 Å². The summed E-state index contributed by atoms with van der Waals surface area (Å²) in [5.41, 5.74) is 5.31. The maximum Gasteiger partial charge on any atom is 0.278 e. The second-order valence-electron chi connectivity index (χ2n) is 8.67. The third-order valence-corrected chi connectivity index (χ3v) is 6.76. The molecule has 0 radical (unpaired) electrons. The van der Waals surface area contributed by atoms with Crippen molar-refractivity contribution in [3.8, 4) is 0 Å². The number of aliphatic imine (C=N–C) groups is 1. The first kappa shape index (κ1) is 21.8. The van der Waals surface area contributed by atoms with Crippen LogP contribution in [-0.4, -0.2) is 54.3 Å². The van der Waals surface area contributed by atoms with Gasteiger partial charge in [-0.2, -0.15) is 0 Å². The fraction of sp³-hybridized carbons (Fsp3) is 0.259. The number of nitrogens with zero attached hydrogens (tertiary/aromatic N) is 4. The molecule has 3 aromatic carbocycles. The van der Waals surface area contributed by atoms with Gasteiger partial charge in [0.05, 0.1) is 18.0 Å². The Hall–Kier alpha value is -2.99. The molecule has 0 saturated carbocycles. The number of carbonyl (C=O) groups excluding carboxylic acids is 1. The molecule has 0 N–H and O–H groups in total. The summed E-state index contributed by atoms with van der Waals surface area (Å²) in [6, 6.07) is 24.1. The lowest BCUT2D eigenvalue weighted by Crippen LogP contribution is -2.50. The van der Waals surface area contributed by atoms with Gasteiger partial charge in [-0.05, 0) is 36.2 Å². The van der Waals surface area contributed by atoms with Crippen molar-refractivity contribution in [2.45, 2.75) is 13.5 Å². The maximum absolute atomic E-state index is 13.4. The zero-order chi connectivity index (χ0) is 22.8. The standard InChI is InChI=1S/C27H27ClN4O/c1-20-11-12-22(17-24(20)28)29-26-23-9-5-6-10-25(23)32(27(26)33)19-31-15-13-30(14-16-31)18-21-7-3-2-4-8-21/h2-12,17H,13-16,18-19H2,1H3. The molecule has 1 saturated heterocycles. The first-order valence-electron chi connectivity index (χ1n) is 11.3. The highest BCUT2D eigenvalue weighted by molar-refractivity contribution is 6.54. The summed E-state index contributed by atoms with van der Waals surface area (Å²) in [4.78, 5) is 24.8. The van der Waals surface area contributed by atoms with Crippen molar-refractivity contribution in [2.75, 3.05) is 37.7 Å². The number of para-hydroxylation sites is 1. The van der Waals surface area contributed by atoms with Gasteiger partial charge in [0.15, 0.2) is 0 Å². The van der Waals surface area contributed by atoms with Crippen molar-refractivity contribution in [3.63, 3.8) is 0 Å². The lowest BCUT2D eigenvalue weighted by molar-refractivity contribution is -0.112. The molecule has 168 valence electrons.